The summed E-state index contributed by atoms with van der Waals surface area (Å²) in [4.78, 5) is 5.53. The van der Waals surface area contributed by atoms with Crippen molar-refractivity contribution in [1.29, 1.82) is 0 Å². The van der Waals surface area contributed by atoms with Gasteiger partial charge < -0.3 is 0 Å². The van der Waals surface area contributed by atoms with Gasteiger partial charge in [0.15, 0.2) is 0 Å². The summed E-state index contributed by atoms with van der Waals surface area (Å²) in [5, 5.41) is 1.89. The Morgan fingerprint density at radius 2 is 2.00 bits per heavy atom. The first kappa shape index (κ1) is 10.9. The Hall–Kier alpha value is -0.0800. The molecule has 0 N–H and O–H groups in total. The third kappa shape index (κ3) is 6.32. The lowest BCUT2D eigenvalue weighted by Crippen LogP contribution is -2.24. The summed E-state index contributed by atoms with van der Waals surface area (Å²) >= 11 is 0. The Balaban J connectivity index is 3.27. The van der Waals surface area contributed by atoms with Crippen molar-refractivity contribution in [3.8, 4) is 0 Å². The number of hydroxylamine groups is 2. The van der Waals surface area contributed by atoms with Crippen molar-refractivity contribution in [2.24, 2.45) is 0 Å². The van der Waals surface area contributed by atoms with Gasteiger partial charge in [-0.2, -0.15) is 5.06 Å². The van der Waals surface area contributed by atoms with Gasteiger partial charge in [-0.3, -0.25) is 4.84 Å². The number of unbranched alkanes of at least 4 members (excludes halogenated alkanes) is 1. The fraction of sp³-hybridized carbons (Fsp3) is 1.00. The largest absolute Gasteiger partial charge is 0.296 e. The van der Waals surface area contributed by atoms with Crippen LogP contribution in [0.15, 0.2) is 0 Å². The first-order valence-electron chi connectivity index (χ1n) is 4.58. The zero-order chi connectivity index (χ0) is 8.69. The highest BCUT2D eigenvalue weighted by atomic mass is 16.7. The van der Waals surface area contributed by atoms with Gasteiger partial charge in [0, 0.05) is 13.6 Å². The normalized spacial score (nSPS) is 13.9. The van der Waals surface area contributed by atoms with Gasteiger partial charge in [0.1, 0.15) is 0 Å². The quantitative estimate of drug-likeness (QED) is 0.552. The Bertz CT molecular complexity index is 85.6. The minimum Gasteiger partial charge on any atom is -0.296 e. The Morgan fingerprint density at radius 3 is 2.45 bits per heavy atom. The smallest absolute Gasteiger partial charge is 0.0765 e. The molecule has 0 rings (SSSR count). The van der Waals surface area contributed by atoms with E-state index in [1.165, 1.54) is 19.3 Å². The molecule has 0 aliphatic carbocycles. The first-order chi connectivity index (χ1) is 5.20. The van der Waals surface area contributed by atoms with Crippen molar-refractivity contribution in [1.82, 2.24) is 5.06 Å². The molecule has 0 bridgehead atoms. The molecule has 0 aromatic carbocycles. The second-order valence-corrected chi connectivity index (χ2v) is 3.00. The topological polar surface area (TPSA) is 12.5 Å². The van der Waals surface area contributed by atoms with E-state index in [0.717, 1.165) is 6.54 Å². The molecule has 0 aromatic heterocycles. The highest BCUT2D eigenvalue weighted by Crippen LogP contribution is 2.04. The molecule has 0 saturated heterocycles. The predicted molar refractivity (Wildman–Crippen MR) is 48.4 cm³/mol. The fourth-order valence-electron chi connectivity index (χ4n) is 0.926. The first-order valence-corrected chi connectivity index (χ1v) is 4.58. The summed E-state index contributed by atoms with van der Waals surface area (Å²) < 4.78 is 0. The van der Waals surface area contributed by atoms with E-state index in [1.54, 1.807) is 0 Å². The molecule has 0 aromatic rings. The average Bonchev–Trinajstić information content (AvgIpc) is 2.00. The maximum Gasteiger partial charge on any atom is 0.0765 e. The molecule has 0 radical (unpaired) electrons. The SMILES string of the molecule is CCCCC(C)ON(C)CC. The predicted octanol–water partition coefficient (Wildman–Crippen LogP) is 2.45. The lowest BCUT2D eigenvalue weighted by molar-refractivity contribution is -0.174. The van der Waals surface area contributed by atoms with E-state index >= 15 is 0 Å². The molecule has 0 fully saturated rings. The number of rotatable bonds is 6. The van der Waals surface area contributed by atoms with E-state index in [1.807, 2.05) is 12.1 Å². The van der Waals surface area contributed by atoms with E-state index in [9.17, 15) is 0 Å². The molecule has 0 amide bonds. The summed E-state index contributed by atoms with van der Waals surface area (Å²) in [5.41, 5.74) is 0. The van der Waals surface area contributed by atoms with Crippen LogP contribution in [0.3, 0.4) is 0 Å². The van der Waals surface area contributed by atoms with Crippen molar-refractivity contribution in [2.75, 3.05) is 13.6 Å². The van der Waals surface area contributed by atoms with Gasteiger partial charge in [-0.25, -0.2) is 0 Å². The van der Waals surface area contributed by atoms with Gasteiger partial charge >= 0.3 is 0 Å². The maximum absolute atomic E-state index is 5.53. The van der Waals surface area contributed by atoms with Crippen LogP contribution in [0.5, 0.6) is 0 Å². The monoisotopic (exact) mass is 159 g/mol. The van der Waals surface area contributed by atoms with E-state index < -0.39 is 0 Å². The second kappa shape index (κ2) is 6.62. The minimum absolute atomic E-state index is 0.375. The van der Waals surface area contributed by atoms with Gasteiger partial charge in [-0.15, -0.1) is 0 Å². The van der Waals surface area contributed by atoms with Gasteiger partial charge in [0.05, 0.1) is 6.10 Å². The van der Waals surface area contributed by atoms with Crippen LogP contribution in [0, 0.1) is 0 Å². The van der Waals surface area contributed by atoms with Gasteiger partial charge in [0.25, 0.3) is 0 Å². The van der Waals surface area contributed by atoms with Crippen LogP contribution in [-0.4, -0.2) is 24.8 Å². The van der Waals surface area contributed by atoms with Crippen LogP contribution in [0.25, 0.3) is 0 Å². The summed E-state index contributed by atoms with van der Waals surface area (Å²) in [7, 11) is 1.97. The molecule has 0 heterocycles. The Kier molecular flexibility index (Phi) is 6.57. The number of nitrogens with zero attached hydrogens (tertiary/aromatic N) is 1. The summed E-state index contributed by atoms with van der Waals surface area (Å²) in [6.07, 6.45) is 4.06. The molecule has 68 valence electrons. The molecule has 2 nitrogen and oxygen atoms in total. The third-order valence-corrected chi connectivity index (χ3v) is 1.77. The zero-order valence-electron chi connectivity index (χ0n) is 8.26. The lowest BCUT2D eigenvalue weighted by atomic mass is 10.2. The third-order valence-electron chi connectivity index (χ3n) is 1.77. The zero-order valence-corrected chi connectivity index (χ0v) is 8.26. The molecule has 0 spiro atoms. The van der Waals surface area contributed by atoms with Gasteiger partial charge in [-0.05, 0) is 13.3 Å². The molecule has 0 aliphatic rings. The molecule has 1 unspecified atom stereocenters. The van der Waals surface area contributed by atoms with Crippen molar-refractivity contribution >= 4 is 0 Å². The number of hydrogen-bond acceptors (Lipinski definition) is 2. The summed E-state index contributed by atoms with van der Waals surface area (Å²) in [5.74, 6) is 0. The van der Waals surface area contributed by atoms with Crippen molar-refractivity contribution in [3.63, 3.8) is 0 Å². The lowest BCUT2D eigenvalue weighted by Gasteiger charge is -2.19. The Morgan fingerprint density at radius 1 is 1.36 bits per heavy atom. The molecular formula is C9H21NO. The van der Waals surface area contributed by atoms with Crippen LogP contribution in [0.2, 0.25) is 0 Å². The fourth-order valence-corrected chi connectivity index (χ4v) is 0.926. The van der Waals surface area contributed by atoms with E-state index in [-0.39, 0.29) is 0 Å². The van der Waals surface area contributed by atoms with E-state index in [2.05, 4.69) is 20.8 Å². The molecule has 0 aliphatic heterocycles. The number of hydrogen-bond donors (Lipinski definition) is 0. The molecule has 0 saturated carbocycles. The molecule has 1 atom stereocenters. The second-order valence-electron chi connectivity index (χ2n) is 3.00. The van der Waals surface area contributed by atoms with Crippen LogP contribution >= 0.6 is 0 Å². The Labute approximate surface area is 70.5 Å². The van der Waals surface area contributed by atoms with Crippen LogP contribution in [0.4, 0.5) is 0 Å². The highest BCUT2D eigenvalue weighted by molar-refractivity contribution is 4.48. The molecule has 11 heavy (non-hydrogen) atoms. The van der Waals surface area contributed by atoms with Gasteiger partial charge in [0.2, 0.25) is 0 Å². The van der Waals surface area contributed by atoms with Crippen molar-refractivity contribution in [3.05, 3.63) is 0 Å². The van der Waals surface area contributed by atoms with Crippen LogP contribution in [0.1, 0.15) is 40.0 Å². The summed E-state index contributed by atoms with van der Waals surface area (Å²) in [6, 6.07) is 0. The maximum atomic E-state index is 5.53. The summed E-state index contributed by atoms with van der Waals surface area (Å²) in [6.45, 7) is 7.38. The van der Waals surface area contributed by atoms with Crippen LogP contribution in [-0.2, 0) is 4.84 Å². The molecular weight excluding hydrogens is 138 g/mol. The molecule has 2 heteroatoms. The average molecular weight is 159 g/mol. The van der Waals surface area contributed by atoms with Crippen LogP contribution < -0.4 is 0 Å². The minimum atomic E-state index is 0.375. The van der Waals surface area contributed by atoms with Gasteiger partial charge in [-0.1, -0.05) is 26.7 Å². The standard InChI is InChI=1S/C9H21NO/c1-5-7-8-9(3)11-10(4)6-2/h9H,5-8H2,1-4H3. The van der Waals surface area contributed by atoms with E-state index in [0.29, 0.717) is 6.10 Å². The van der Waals surface area contributed by atoms with Crippen molar-refractivity contribution < 1.29 is 4.84 Å². The van der Waals surface area contributed by atoms with E-state index in [4.69, 9.17) is 4.84 Å². The highest BCUT2D eigenvalue weighted by Gasteiger charge is 2.03. The van der Waals surface area contributed by atoms with Crippen molar-refractivity contribution in [2.45, 2.75) is 46.1 Å².